The van der Waals surface area contributed by atoms with E-state index in [0.29, 0.717) is 0 Å². The van der Waals surface area contributed by atoms with Crippen molar-refractivity contribution in [1.82, 2.24) is 0 Å². The first kappa shape index (κ1) is 21.2. The van der Waals surface area contributed by atoms with Crippen molar-refractivity contribution in [3.05, 3.63) is 139 Å². The lowest BCUT2D eigenvalue weighted by Gasteiger charge is -2.27. The van der Waals surface area contributed by atoms with E-state index in [-0.39, 0.29) is 0 Å². The van der Waals surface area contributed by atoms with Gasteiger partial charge in [-0.25, -0.2) is 0 Å². The maximum Gasteiger partial charge on any atom is 0.0474 e. The summed E-state index contributed by atoms with van der Waals surface area (Å²) >= 11 is 0. The zero-order chi connectivity index (χ0) is 25.2. The van der Waals surface area contributed by atoms with E-state index in [0.717, 1.165) is 11.4 Å². The Bertz CT molecular complexity index is 2140. The van der Waals surface area contributed by atoms with E-state index in [1.165, 1.54) is 65.1 Å². The van der Waals surface area contributed by atoms with E-state index >= 15 is 0 Å². The lowest BCUT2D eigenvalue weighted by molar-refractivity contribution is 1.30. The Kier molecular flexibility index (Phi) is 4.50. The van der Waals surface area contributed by atoms with E-state index in [1.54, 1.807) is 0 Å². The van der Waals surface area contributed by atoms with Gasteiger partial charge in [0.1, 0.15) is 0 Å². The molecule has 0 atom stereocenters. The molecule has 0 aromatic heterocycles. The van der Waals surface area contributed by atoms with Gasteiger partial charge in [-0.1, -0.05) is 97.1 Å². The number of anilines is 3. The molecular weight excluding hydrogens is 458 g/mol. The fourth-order valence-electron chi connectivity index (χ4n) is 6.33. The second-order valence-electron chi connectivity index (χ2n) is 10.3. The van der Waals surface area contributed by atoms with Crippen molar-refractivity contribution in [3.8, 4) is 0 Å². The number of rotatable bonds is 3. The van der Waals surface area contributed by atoms with E-state index in [1.807, 2.05) is 0 Å². The molecule has 0 aliphatic carbocycles. The Balaban J connectivity index is 1.49. The molecule has 0 N–H and O–H groups in total. The fraction of sp³-hybridized carbons (Fsp3) is 0.0270. The maximum atomic E-state index is 2.39. The molecule has 178 valence electrons. The maximum absolute atomic E-state index is 2.39. The van der Waals surface area contributed by atoms with Crippen LogP contribution in [0.1, 0.15) is 5.56 Å². The predicted octanol–water partition coefficient (Wildman–Crippen LogP) is 10.7. The molecule has 0 aliphatic rings. The van der Waals surface area contributed by atoms with Crippen LogP contribution < -0.4 is 4.90 Å². The highest BCUT2D eigenvalue weighted by Gasteiger charge is 2.18. The summed E-state index contributed by atoms with van der Waals surface area (Å²) in [6, 6.07) is 48.9. The van der Waals surface area contributed by atoms with Gasteiger partial charge in [0.25, 0.3) is 0 Å². The molecule has 1 nitrogen and oxygen atoms in total. The summed E-state index contributed by atoms with van der Waals surface area (Å²) in [5.41, 5.74) is 4.77. The molecule has 8 aromatic carbocycles. The minimum atomic E-state index is 1.15. The fourth-order valence-corrected chi connectivity index (χ4v) is 6.33. The third-order valence-corrected chi connectivity index (χ3v) is 7.93. The van der Waals surface area contributed by atoms with E-state index in [2.05, 4.69) is 145 Å². The largest absolute Gasteiger partial charge is 0.310 e. The summed E-state index contributed by atoms with van der Waals surface area (Å²) in [7, 11) is 0. The normalized spacial score (nSPS) is 11.8. The second kappa shape index (κ2) is 8.06. The molecule has 8 rings (SSSR count). The van der Waals surface area contributed by atoms with Gasteiger partial charge in [-0.15, -0.1) is 0 Å². The molecule has 0 fully saturated rings. The lowest BCUT2D eigenvalue weighted by atomic mass is 9.88. The van der Waals surface area contributed by atoms with Crippen LogP contribution >= 0.6 is 0 Å². The summed E-state index contributed by atoms with van der Waals surface area (Å²) in [5, 5.41) is 13.0. The molecule has 0 aliphatic heterocycles. The van der Waals surface area contributed by atoms with Crippen LogP contribution in [0.2, 0.25) is 0 Å². The minimum absolute atomic E-state index is 1.15. The average molecular weight is 484 g/mol. The third kappa shape index (κ3) is 3.12. The number of hydrogen-bond acceptors (Lipinski definition) is 1. The molecule has 38 heavy (non-hydrogen) atoms. The number of nitrogens with zero attached hydrogens (tertiary/aromatic N) is 1. The topological polar surface area (TPSA) is 3.24 Å². The van der Waals surface area contributed by atoms with Crippen molar-refractivity contribution in [2.45, 2.75) is 6.92 Å². The third-order valence-electron chi connectivity index (χ3n) is 7.93. The highest BCUT2D eigenvalue weighted by atomic mass is 15.1. The number of fused-ring (bicyclic) bond motifs is 3. The monoisotopic (exact) mass is 483 g/mol. The van der Waals surface area contributed by atoms with Gasteiger partial charge in [0.2, 0.25) is 0 Å². The Morgan fingerprint density at radius 3 is 1.74 bits per heavy atom. The summed E-state index contributed by atoms with van der Waals surface area (Å²) < 4.78 is 0. The first-order valence-corrected chi connectivity index (χ1v) is 13.2. The van der Waals surface area contributed by atoms with Crippen LogP contribution in [0.25, 0.3) is 53.9 Å². The molecule has 0 heterocycles. The number of para-hydroxylation sites is 1. The van der Waals surface area contributed by atoms with E-state index in [9.17, 15) is 0 Å². The molecule has 0 unspecified atom stereocenters. The Morgan fingerprint density at radius 2 is 0.974 bits per heavy atom. The molecule has 0 spiro atoms. The first-order valence-electron chi connectivity index (χ1n) is 13.2. The van der Waals surface area contributed by atoms with Crippen molar-refractivity contribution in [2.75, 3.05) is 4.90 Å². The molecule has 0 saturated heterocycles. The average Bonchev–Trinajstić information content (AvgIpc) is 2.96. The molecule has 0 bridgehead atoms. The number of benzene rings is 8. The van der Waals surface area contributed by atoms with Crippen molar-refractivity contribution in [3.63, 3.8) is 0 Å². The standard InChI is InChI=1S/C37H25N/c1-24-19-27-11-7-16-33-35-23-31(22-28-12-8-15-32(37(28)35)34(20-24)36(27)33)38(29-13-3-2-4-14-29)30-18-17-25-9-5-6-10-26(25)21-30/h2-23H,1H3. The minimum Gasteiger partial charge on any atom is -0.310 e. The van der Waals surface area contributed by atoms with Gasteiger partial charge in [0.15, 0.2) is 0 Å². The quantitative estimate of drug-likeness (QED) is 0.178. The molecule has 1 heteroatoms. The van der Waals surface area contributed by atoms with Crippen molar-refractivity contribution in [1.29, 1.82) is 0 Å². The highest BCUT2D eigenvalue weighted by Crippen LogP contribution is 2.44. The molecule has 0 amide bonds. The smallest absolute Gasteiger partial charge is 0.0474 e. The van der Waals surface area contributed by atoms with Crippen molar-refractivity contribution >= 4 is 70.9 Å². The summed E-state index contributed by atoms with van der Waals surface area (Å²) in [6.45, 7) is 2.20. The molecule has 0 radical (unpaired) electrons. The lowest BCUT2D eigenvalue weighted by Crippen LogP contribution is -2.10. The van der Waals surface area contributed by atoms with Crippen molar-refractivity contribution in [2.24, 2.45) is 0 Å². The predicted molar refractivity (Wildman–Crippen MR) is 165 cm³/mol. The van der Waals surface area contributed by atoms with Crippen LogP contribution in [0.4, 0.5) is 17.1 Å². The Labute approximate surface area is 221 Å². The van der Waals surface area contributed by atoms with Gasteiger partial charge in [-0.3, -0.25) is 0 Å². The zero-order valence-electron chi connectivity index (χ0n) is 21.1. The SMILES string of the molecule is Cc1cc2cccc3c4cc(N(c5ccccc5)c5ccc6ccccc6c5)cc5cccc(c(c1)c23)c54. The molecule has 8 aromatic rings. The highest BCUT2D eigenvalue weighted by molar-refractivity contribution is 6.33. The summed E-state index contributed by atoms with van der Waals surface area (Å²) in [5.74, 6) is 0. The van der Waals surface area contributed by atoms with Gasteiger partial charge in [-0.2, -0.15) is 0 Å². The molecular formula is C37H25N. The Hall–Kier alpha value is -4.88. The second-order valence-corrected chi connectivity index (χ2v) is 10.3. The van der Waals surface area contributed by atoms with Crippen LogP contribution in [-0.2, 0) is 0 Å². The van der Waals surface area contributed by atoms with E-state index in [4.69, 9.17) is 0 Å². The van der Waals surface area contributed by atoms with Crippen LogP contribution in [0.5, 0.6) is 0 Å². The Morgan fingerprint density at radius 1 is 0.368 bits per heavy atom. The van der Waals surface area contributed by atoms with Crippen LogP contribution in [0.15, 0.2) is 133 Å². The van der Waals surface area contributed by atoms with Gasteiger partial charge in [0.05, 0.1) is 0 Å². The van der Waals surface area contributed by atoms with Crippen LogP contribution in [0, 0.1) is 6.92 Å². The van der Waals surface area contributed by atoms with Gasteiger partial charge >= 0.3 is 0 Å². The van der Waals surface area contributed by atoms with Crippen LogP contribution in [-0.4, -0.2) is 0 Å². The summed E-state index contributed by atoms with van der Waals surface area (Å²) in [6.07, 6.45) is 0. The van der Waals surface area contributed by atoms with Gasteiger partial charge in [0, 0.05) is 17.1 Å². The summed E-state index contributed by atoms with van der Waals surface area (Å²) in [4.78, 5) is 2.39. The van der Waals surface area contributed by atoms with Crippen LogP contribution in [0.3, 0.4) is 0 Å². The zero-order valence-corrected chi connectivity index (χ0v) is 21.1. The van der Waals surface area contributed by atoms with E-state index < -0.39 is 0 Å². The van der Waals surface area contributed by atoms with Gasteiger partial charge in [-0.05, 0) is 103 Å². The number of hydrogen-bond donors (Lipinski definition) is 0. The first-order chi connectivity index (χ1) is 18.7. The molecule has 0 saturated carbocycles. The van der Waals surface area contributed by atoms with Crippen molar-refractivity contribution < 1.29 is 0 Å². The van der Waals surface area contributed by atoms with Gasteiger partial charge < -0.3 is 4.90 Å². The number of aryl methyl sites for hydroxylation is 1.